The molecule has 2 N–H and O–H groups in total. The number of hydrogen-bond acceptors (Lipinski definition) is 2. The normalized spacial score (nSPS) is 15.3. The first-order chi connectivity index (χ1) is 6.09. The van der Waals surface area contributed by atoms with Crippen LogP contribution in [0.5, 0.6) is 0 Å². The zero-order valence-electron chi connectivity index (χ0n) is 7.37. The lowest BCUT2D eigenvalue weighted by Crippen LogP contribution is -2.22. The van der Waals surface area contributed by atoms with Crippen molar-refractivity contribution in [3.05, 3.63) is 28.7 Å². The molecule has 1 aromatic carbocycles. The Morgan fingerprint density at radius 1 is 1.62 bits per heavy atom. The first-order valence-corrected chi connectivity index (χ1v) is 6.10. The van der Waals surface area contributed by atoms with Gasteiger partial charge in [-0.15, -0.1) is 0 Å². The third-order valence-electron chi connectivity index (χ3n) is 1.47. The molecule has 0 heterocycles. The number of rotatable bonds is 3. The van der Waals surface area contributed by atoms with Crippen LogP contribution in [0.1, 0.15) is 6.92 Å². The van der Waals surface area contributed by atoms with Gasteiger partial charge in [-0.2, -0.15) is 0 Å². The lowest BCUT2D eigenvalue weighted by atomic mass is 10.4. The second kappa shape index (κ2) is 4.88. The summed E-state index contributed by atoms with van der Waals surface area (Å²) in [6.45, 7) is 1.86. The van der Waals surface area contributed by atoms with Crippen LogP contribution < -0.4 is 5.73 Å². The van der Waals surface area contributed by atoms with E-state index in [1.807, 2.05) is 31.2 Å². The summed E-state index contributed by atoms with van der Waals surface area (Å²) in [5.41, 5.74) is 5.56. The van der Waals surface area contributed by atoms with Gasteiger partial charge in [-0.05, 0) is 25.1 Å². The summed E-state index contributed by atoms with van der Waals surface area (Å²) in [7, 11) is -0.979. The molecule has 4 heteroatoms. The fourth-order valence-electron chi connectivity index (χ4n) is 0.944. The minimum Gasteiger partial charge on any atom is -0.327 e. The van der Waals surface area contributed by atoms with E-state index >= 15 is 0 Å². The van der Waals surface area contributed by atoms with Crippen molar-refractivity contribution in [1.29, 1.82) is 0 Å². The van der Waals surface area contributed by atoms with E-state index in [4.69, 9.17) is 5.73 Å². The number of hydrogen-bond donors (Lipinski definition) is 1. The molecule has 0 radical (unpaired) electrons. The van der Waals surface area contributed by atoms with Gasteiger partial charge in [0.25, 0.3) is 0 Å². The van der Waals surface area contributed by atoms with Crippen molar-refractivity contribution in [3.8, 4) is 0 Å². The van der Waals surface area contributed by atoms with Gasteiger partial charge in [0.05, 0.1) is 10.8 Å². The van der Waals surface area contributed by atoms with Gasteiger partial charge in [0.1, 0.15) is 0 Å². The molecule has 72 valence electrons. The van der Waals surface area contributed by atoms with Crippen LogP contribution >= 0.6 is 15.9 Å². The largest absolute Gasteiger partial charge is 0.327 e. The van der Waals surface area contributed by atoms with Crippen LogP contribution in [0.15, 0.2) is 33.6 Å². The molecule has 0 saturated carbocycles. The highest BCUT2D eigenvalue weighted by molar-refractivity contribution is 9.10. The average Bonchev–Trinajstić information content (AvgIpc) is 2.03. The first-order valence-electron chi connectivity index (χ1n) is 3.99. The summed E-state index contributed by atoms with van der Waals surface area (Å²) in [5, 5.41) is 0. The maximum atomic E-state index is 11.6. The molecule has 0 amide bonds. The molecule has 0 aliphatic rings. The average molecular weight is 262 g/mol. The summed E-state index contributed by atoms with van der Waals surface area (Å²) >= 11 is 3.33. The Morgan fingerprint density at radius 2 is 2.31 bits per heavy atom. The van der Waals surface area contributed by atoms with E-state index < -0.39 is 10.8 Å². The molecule has 0 bridgehead atoms. The van der Waals surface area contributed by atoms with Gasteiger partial charge >= 0.3 is 0 Å². The van der Waals surface area contributed by atoms with Gasteiger partial charge in [0.2, 0.25) is 0 Å². The minimum absolute atomic E-state index is 0.0279. The van der Waals surface area contributed by atoms with Gasteiger partial charge in [-0.3, -0.25) is 4.21 Å². The van der Waals surface area contributed by atoms with E-state index in [1.54, 1.807) is 0 Å². The van der Waals surface area contributed by atoms with Crippen molar-refractivity contribution >= 4 is 26.7 Å². The molecule has 13 heavy (non-hydrogen) atoms. The van der Waals surface area contributed by atoms with E-state index in [1.165, 1.54) is 0 Å². The zero-order valence-corrected chi connectivity index (χ0v) is 9.77. The van der Waals surface area contributed by atoms with Crippen LogP contribution in [0, 0.1) is 0 Å². The van der Waals surface area contributed by atoms with Crippen molar-refractivity contribution in [2.24, 2.45) is 5.73 Å². The summed E-state index contributed by atoms with van der Waals surface area (Å²) in [4.78, 5) is 0.826. The molecule has 1 aromatic rings. The Hall–Kier alpha value is -0.190. The van der Waals surface area contributed by atoms with Crippen LogP contribution in [-0.2, 0) is 10.8 Å². The summed E-state index contributed by atoms with van der Waals surface area (Å²) < 4.78 is 12.6. The van der Waals surface area contributed by atoms with E-state index in [9.17, 15) is 4.21 Å². The van der Waals surface area contributed by atoms with E-state index in [-0.39, 0.29) is 6.04 Å². The molecular weight excluding hydrogens is 250 g/mol. The molecule has 2 unspecified atom stereocenters. The summed E-state index contributed by atoms with van der Waals surface area (Å²) in [6, 6.07) is 7.46. The highest BCUT2D eigenvalue weighted by Crippen LogP contribution is 2.14. The lowest BCUT2D eigenvalue weighted by molar-refractivity contribution is 0.676. The Balaban J connectivity index is 2.77. The Labute approximate surface area is 89.1 Å². The number of nitrogens with two attached hydrogens (primary N) is 1. The van der Waals surface area contributed by atoms with Crippen molar-refractivity contribution in [2.75, 3.05) is 5.75 Å². The topological polar surface area (TPSA) is 43.1 Å². The number of benzene rings is 1. The molecule has 2 atom stereocenters. The maximum Gasteiger partial charge on any atom is 0.0545 e. The Morgan fingerprint density at radius 3 is 2.85 bits per heavy atom. The summed E-state index contributed by atoms with van der Waals surface area (Å²) in [6.07, 6.45) is 0. The van der Waals surface area contributed by atoms with Crippen LogP contribution in [0.25, 0.3) is 0 Å². The third-order valence-corrected chi connectivity index (χ3v) is 3.57. The van der Waals surface area contributed by atoms with E-state index in [0.29, 0.717) is 5.75 Å². The van der Waals surface area contributed by atoms with Crippen LogP contribution in [-0.4, -0.2) is 16.0 Å². The molecular formula is C9H12BrNOS. The van der Waals surface area contributed by atoms with Crippen LogP contribution in [0.2, 0.25) is 0 Å². The van der Waals surface area contributed by atoms with Crippen LogP contribution in [0.4, 0.5) is 0 Å². The number of halogens is 1. The molecule has 0 aromatic heterocycles. The first kappa shape index (κ1) is 10.9. The van der Waals surface area contributed by atoms with Crippen molar-refractivity contribution in [2.45, 2.75) is 17.9 Å². The van der Waals surface area contributed by atoms with Crippen LogP contribution in [0.3, 0.4) is 0 Å². The third kappa shape index (κ3) is 3.58. The molecule has 0 aliphatic heterocycles. The fourth-order valence-corrected chi connectivity index (χ4v) is 2.65. The maximum absolute atomic E-state index is 11.6. The summed E-state index contributed by atoms with van der Waals surface area (Å²) in [5.74, 6) is 0.510. The predicted octanol–water partition coefficient (Wildman–Crippen LogP) is 1.90. The molecule has 2 nitrogen and oxygen atoms in total. The van der Waals surface area contributed by atoms with Gasteiger partial charge in [-0.25, -0.2) is 0 Å². The zero-order chi connectivity index (χ0) is 9.84. The van der Waals surface area contributed by atoms with Gasteiger partial charge in [0, 0.05) is 21.2 Å². The monoisotopic (exact) mass is 261 g/mol. The molecule has 0 spiro atoms. The lowest BCUT2D eigenvalue weighted by Gasteiger charge is -2.05. The van der Waals surface area contributed by atoms with Crippen molar-refractivity contribution in [3.63, 3.8) is 0 Å². The molecule has 0 saturated heterocycles. The standard InChI is InChI=1S/C9H12BrNOS/c1-7(11)6-13(12)9-4-2-3-8(10)5-9/h2-5,7H,6,11H2,1H3. The van der Waals surface area contributed by atoms with E-state index in [2.05, 4.69) is 15.9 Å². The highest BCUT2D eigenvalue weighted by atomic mass is 79.9. The SMILES string of the molecule is CC(N)CS(=O)c1cccc(Br)c1. The van der Waals surface area contributed by atoms with Gasteiger partial charge in [-0.1, -0.05) is 22.0 Å². The fraction of sp³-hybridized carbons (Fsp3) is 0.333. The van der Waals surface area contributed by atoms with E-state index in [0.717, 1.165) is 9.37 Å². The smallest absolute Gasteiger partial charge is 0.0545 e. The van der Waals surface area contributed by atoms with Crippen molar-refractivity contribution < 1.29 is 4.21 Å². The highest BCUT2D eigenvalue weighted by Gasteiger charge is 2.06. The van der Waals surface area contributed by atoms with Crippen molar-refractivity contribution in [1.82, 2.24) is 0 Å². The minimum atomic E-state index is -0.979. The Kier molecular flexibility index (Phi) is 4.09. The molecule has 0 fully saturated rings. The predicted molar refractivity (Wildman–Crippen MR) is 59.1 cm³/mol. The molecule has 0 aliphatic carbocycles. The van der Waals surface area contributed by atoms with Gasteiger partial charge < -0.3 is 5.73 Å². The molecule has 1 rings (SSSR count). The second-order valence-corrected chi connectivity index (χ2v) is 5.36. The quantitative estimate of drug-likeness (QED) is 0.904. The second-order valence-electron chi connectivity index (χ2n) is 2.95. The van der Waals surface area contributed by atoms with Gasteiger partial charge in [0.15, 0.2) is 0 Å². The Bertz CT molecular complexity index is 314.